The van der Waals surface area contributed by atoms with Crippen molar-refractivity contribution in [3.8, 4) is 11.1 Å². The molecule has 112 valence electrons. The number of rotatable bonds is 2. The fourth-order valence-corrected chi connectivity index (χ4v) is 3.29. The molecule has 2 aromatic carbocycles. The number of carboxylic acid groups (broad SMARTS) is 1. The van der Waals surface area contributed by atoms with Crippen LogP contribution in [-0.2, 0) is 7.05 Å². The van der Waals surface area contributed by atoms with E-state index in [1.165, 1.54) is 0 Å². The SMILES string of the molecule is Cc1cc(C)c2c(c1)c(-c1ccc(Cl)cc1)c(C(=O)O)n2C. The Balaban J connectivity index is 2.48. The van der Waals surface area contributed by atoms with Crippen LogP contribution >= 0.6 is 11.6 Å². The van der Waals surface area contributed by atoms with Gasteiger partial charge in [0, 0.05) is 23.0 Å². The van der Waals surface area contributed by atoms with Gasteiger partial charge in [-0.25, -0.2) is 4.79 Å². The van der Waals surface area contributed by atoms with Gasteiger partial charge in [0.05, 0.1) is 5.52 Å². The summed E-state index contributed by atoms with van der Waals surface area (Å²) in [6.45, 7) is 4.03. The second-order valence-corrected chi connectivity index (χ2v) is 6.01. The second kappa shape index (κ2) is 5.18. The second-order valence-electron chi connectivity index (χ2n) is 5.57. The summed E-state index contributed by atoms with van der Waals surface area (Å²) in [6, 6.07) is 11.4. The van der Waals surface area contributed by atoms with E-state index in [0.29, 0.717) is 10.7 Å². The molecule has 1 N–H and O–H groups in total. The third-order valence-corrected chi connectivity index (χ3v) is 4.21. The third-order valence-electron chi connectivity index (χ3n) is 3.96. The highest BCUT2D eigenvalue weighted by molar-refractivity contribution is 6.30. The molecule has 0 aliphatic carbocycles. The van der Waals surface area contributed by atoms with Crippen molar-refractivity contribution in [3.05, 3.63) is 58.2 Å². The van der Waals surface area contributed by atoms with Crippen molar-refractivity contribution < 1.29 is 9.90 Å². The summed E-state index contributed by atoms with van der Waals surface area (Å²) >= 11 is 5.95. The maximum Gasteiger partial charge on any atom is 0.353 e. The topological polar surface area (TPSA) is 42.2 Å². The zero-order chi connectivity index (χ0) is 16.0. The molecule has 4 heteroatoms. The lowest BCUT2D eigenvalue weighted by molar-refractivity contribution is 0.0688. The van der Waals surface area contributed by atoms with Gasteiger partial charge in [-0.15, -0.1) is 0 Å². The van der Waals surface area contributed by atoms with Gasteiger partial charge < -0.3 is 9.67 Å². The van der Waals surface area contributed by atoms with Crippen LogP contribution in [0.15, 0.2) is 36.4 Å². The number of aromatic nitrogens is 1. The third kappa shape index (κ3) is 2.18. The van der Waals surface area contributed by atoms with E-state index in [1.807, 2.05) is 32.0 Å². The molecule has 3 rings (SSSR count). The van der Waals surface area contributed by atoms with Crippen LogP contribution in [0.2, 0.25) is 5.02 Å². The van der Waals surface area contributed by atoms with Crippen molar-refractivity contribution in [2.24, 2.45) is 7.05 Å². The Hall–Kier alpha value is -2.26. The molecular formula is C18H16ClNO2. The van der Waals surface area contributed by atoms with Crippen LogP contribution in [0, 0.1) is 13.8 Å². The molecule has 0 unspecified atom stereocenters. The van der Waals surface area contributed by atoms with Crippen molar-refractivity contribution in [1.29, 1.82) is 0 Å². The summed E-state index contributed by atoms with van der Waals surface area (Å²) in [6.07, 6.45) is 0. The summed E-state index contributed by atoms with van der Waals surface area (Å²) < 4.78 is 1.76. The number of nitrogens with zero attached hydrogens (tertiary/aromatic N) is 1. The molecule has 0 saturated carbocycles. The highest BCUT2D eigenvalue weighted by atomic mass is 35.5. The molecular weight excluding hydrogens is 298 g/mol. The lowest BCUT2D eigenvalue weighted by Gasteiger charge is -2.04. The van der Waals surface area contributed by atoms with E-state index in [4.69, 9.17) is 11.6 Å². The van der Waals surface area contributed by atoms with Gasteiger partial charge in [-0.3, -0.25) is 0 Å². The van der Waals surface area contributed by atoms with Crippen LogP contribution in [0.4, 0.5) is 0 Å². The van der Waals surface area contributed by atoms with E-state index in [-0.39, 0.29) is 0 Å². The van der Waals surface area contributed by atoms with Crippen LogP contribution in [-0.4, -0.2) is 15.6 Å². The van der Waals surface area contributed by atoms with Crippen molar-refractivity contribution in [2.45, 2.75) is 13.8 Å². The minimum atomic E-state index is -0.930. The number of fused-ring (bicyclic) bond motifs is 1. The number of hydrogen-bond acceptors (Lipinski definition) is 1. The van der Waals surface area contributed by atoms with E-state index in [2.05, 4.69) is 6.07 Å². The highest BCUT2D eigenvalue weighted by Crippen LogP contribution is 2.37. The summed E-state index contributed by atoms with van der Waals surface area (Å²) in [5.41, 5.74) is 5.04. The van der Waals surface area contributed by atoms with E-state index >= 15 is 0 Å². The molecule has 0 fully saturated rings. The number of carboxylic acids is 1. The Morgan fingerprint density at radius 2 is 1.77 bits per heavy atom. The molecule has 0 bridgehead atoms. The minimum Gasteiger partial charge on any atom is -0.477 e. The van der Waals surface area contributed by atoms with Crippen LogP contribution in [0.3, 0.4) is 0 Å². The first-order valence-electron chi connectivity index (χ1n) is 6.99. The first kappa shape index (κ1) is 14.7. The van der Waals surface area contributed by atoms with Crippen LogP contribution in [0.1, 0.15) is 21.6 Å². The summed E-state index contributed by atoms with van der Waals surface area (Å²) in [5, 5.41) is 11.3. The smallest absolute Gasteiger partial charge is 0.353 e. The van der Waals surface area contributed by atoms with E-state index in [9.17, 15) is 9.90 Å². The standard InChI is InChI=1S/C18H16ClNO2/c1-10-8-11(2)16-14(9-10)15(17(18(21)22)20(16)3)12-4-6-13(19)7-5-12/h4-9H,1-3H3,(H,21,22). The van der Waals surface area contributed by atoms with Crippen molar-refractivity contribution in [2.75, 3.05) is 0 Å². The first-order valence-corrected chi connectivity index (χ1v) is 7.37. The quantitative estimate of drug-likeness (QED) is 0.737. The summed E-state index contributed by atoms with van der Waals surface area (Å²) in [5.74, 6) is -0.930. The molecule has 3 aromatic rings. The maximum atomic E-state index is 11.8. The molecule has 0 aliphatic rings. The number of benzene rings is 2. The van der Waals surface area contributed by atoms with E-state index in [1.54, 1.807) is 23.7 Å². The lowest BCUT2D eigenvalue weighted by Crippen LogP contribution is -2.06. The molecule has 1 heterocycles. The van der Waals surface area contributed by atoms with Crippen LogP contribution < -0.4 is 0 Å². The Morgan fingerprint density at radius 1 is 1.14 bits per heavy atom. The van der Waals surface area contributed by atoms with Gasteiger partial charge in [-0.2, -0.15) is 0 Å². The molecule has 22 heavy (non-hydrogen) atoms. The zero-order valence-corrected chi connectivity index (χ0v) is 13.4. The summed E-state index contributed by atoms with van der Waals surface area (Å²) in [7, 11) is 1.80. The van der Waals surface area contributed by atoms with E-state index < -0.39 is 5.97 Å². The number of aromatic carboxylic acids is 1. The largest absolute Gasteiger partial charge is 0.477 e. The average molecular weight is 314 g/mol. The molecule has 0 amide bonds. The van der Waals surface area contributed by atoms with Gasteiger partial charge in [0.25, 0.3) is 0 Å². The molecule has 0 spiro atoms. The van der Waals surface area contributed by atoms with Gasteiger partial charge in [-0.1, -0.05) is 35.4 Å². The van der Waals surface area contributed by atoms with Gasteiger partial charge in [0.15, 0.2) is 0 Å². The van der Waals surface area contributed by atoms with Gasteiger partial charge >= 0.3 is 5.97 Å². The highest BCUT2D eigenvalue weighted by Gasteiger charge is 2.22. The van der Waals surface area contributed by atoms with Crippen molar-refractivity contribution in [1.82, 2.24) is 4.57 Å². The summed E-state index contributed by atoms with van der Waals surface area (Å²) in [4.78, 5) is 11.8. The predicted octanol–water partition coefficient (Wildman–Crippen LogP) is 4.81. The fraction of sp³-hybridized carbons (Fsp3) is 0.167. The van der Waals surface area contributed by atoms with Crippen LogP contribution in [0.25, 0.3) is 22.0 Å². The molecule has 0 aliphatic heterocycles. The Kier molecular flexibility index (Phi) is 3.45. The van der Waals surface area contributed by atoms with Gasteiger partial charge in [0.1, 0.15) is 5.69 Å². The zero-order valence-electron chi connectivity index (χ0n) is 12.6. The molecule has 1 aromatic heterocycles. The number of halogens is 1. The number of carbonyl (C=O) groups is 1. The molecule has 3 nitrogen and oxygen atoms in total. The lowest BCUT2D eigenvalue weighted by atomic mass is 9.99. The number of aryl methyl sites for hydroxylation is 3. The fourth-order valence-electron chi connectivity index (χ4n) is 3.16. The van der Waals surface area contributed by atoms with Crippen molar-refractivity contribution >= 4 is 28.5 Å². The number of hydrogen-bond donors (Lipinski definition) is 1. The van der Waals surface area contributed by atoms with Gasteiger partial charge in [0.2, 0.25) is 0 Å². The molecule has 0 atom stereocenters. The maximum absolute atomic E-state index is 11.8. The Morgan fingerprint density at radius 3 is 2.36 bits per heavy atom. The predicted molar refractivity (Wildman–Crippen MR) is 89.8 cm³/mol. The minimum absolute atomic E-state index is 0.297. The first-order chi connectivity index (χ1) is 10.4. The average Bonchev–Trinajstić information content (AvgIpc) is 2.72. The van der Waals surface area contributed by atoms with Crippen LogP contribution in [0.5, 0.6) is 0 Å². The Labute approximate surface area is 133 Å². The Bertz CT molecular complexity index is 892. The molecule has 0 radical (unpaired) electrons. The monoisotopic (exact) mass is 313 g/mol. The molecule has 0 saturated heterocycles. The van der Waals surface area contributed by atoms with Gasteiger partial charge in [-0.05, 0) is 43.2 Å². The van der Waals surface area contributed by atoms with Crippen molar-refractivity contribution in [3.63, 3.8) is 0 Å². The van der Waals surface area contributed by atoms with E-state index in [0.717, 1.165) is 33.2 Å². The normalized spacial score (nSPS) is 11.1.